The first-order valence-electron chi connectivity index (χ1n) is 9.87. The fourth-order valence-electron chi connectivity index (χ4n) is 3.69. The molecule has 6 heteroatoms. The van der Waals surface area contributed by atoms with Gasteiger partial charge in [0.2, 0.25) is 5.91 Å². The van der Waals surface area contributed by atoms with Crippen molar-refractivity contribution in [3.8, 4) is 11.5 Å². The van der Waals surface area contributed by atoms with Crippen LogP contribution in [0, 0.1) is 0 Å². The molecular weight excluding hydrogens is 390 g/mol. The van der Waals surface area contributed by atoms with Crippen LogP contribution in [-0.4, -0.2) is 36.9 Å². The van der Waals surface area contributed by atoms with Crippen molar-refractivity contribution in [1.82, 2.24) is 4.90 Å². The Hall–Kier alpha value is -2.53. The molecule has 154 valence electrons. The molecule has 2 aromatic carbocycles. The van der Waals surface area contributed by atoms with Crippen molar-refractivity contribution in [2.24, 2.45) is 0 Å². The van der Waals surface area contributed by atoms with Crippen LogP contribution in [0.15, 0.2) is 42.5 Å². The monoisotopic (exact) mass is 415 g/mol. The lowest BCUT2D eigenvalue weighted by Crippen LogP contribution is -2.30. The van der Waals surface area contributed by atoms with Gasteiger partial charge in [-0.15, -0.1) is 0 Å². The molecule has 1 amide bonds. The molecule has 0 spiro atoms. The topological polar surface area (TPSA) is 55.8 Å². The summed E-state index contributed by atoms with van der Waals surface area (Å²) in [5.74, 6) is 1.18. The number of methoxy groups -OCH3 is 1. The lowest BCUT2D eigenvalue weighted by atomic mass is 10.0. The van der Waals surface area contributed by atoms with E-state index < -0.39 is 0 Å². The molecule has 2 aromatic rings. The highest BCUT2D eigenvalue weighted by molar-refractivity contribution is 6.31. The van der Waals surface area contributed by atoms with Gasteiger partial charge in [0.1, 0.15) is 0 Å². The predicted molar refractivity (Wildman–Crippen MR) is 113 cm³/mol. The Kier molecular flexibility index (Phi) is 7.15. The lowest BCUT2D eigenvalue weighted by molar-refractivity contribution is -0.132. The molecule has 0 saturated carbocycles. The number of carbonyl (C=O) groups excluding carboxylic acids is 2. The van der Waals surface area contributed by atoms with E-state index in [1.54, 1.807) is 18.2 Å². The number of halogens is 1. The van der Waals surface area contributed by atoms with Crippen LogP contribution in [0.25, 0.3) is 0 Å². The number of benzene rings is 2. The SMILES string of the molecule is COc1cc(C(C)=O)ccc1OCCCC(=O)N1CCCC1c1ccccc1Cl. The second kappa shape index (κ2) is 9.79. The van der Waals surface area contributed by atoms with Gasteiger partial charge in [-0.05, 0) is 56.0 Å². The molecule has 1 fully saturated rings. The van der Waals surface area contributed by atoms with E-state index in [9.17, 15) is 9.59 Å². The average molecular weight is 416 g/mol. The van der Waals surface area contributed by atoms with Gasteiger partial charge in [-0.25, -0.2) is 0 Å². The first-order chi connectivity index (χ1) is 14.0. The number of amides is 1. The Bertz CT molecular complexity index is 883. The maximum Gasteiger partial charge on any atom is 0.223 e. The van der Waals surface area contributed by atoms with E-state index in [0.29, 0.717) is 41.5 Å². The smallest absolute Gasteiger partial charge is 0.223 e. The fourth-order valence-corrected chi connectivity index (χ4v) is 3.95. The van der Waals surface area contributed by atoms with Crippen LogP contribution >= 0.6 is 11.6 Å². The summed E-state index contributed by atoms with van der Waals surface area (Å²) in [7, 11) is 1.54. The third-order valence-corrected chi connectivity index (χ3v) is 5.54. The number of ether oxygens (including phenoxy) is 2. The van der Waals surface area contributed by atoms with Crippen molar-refractivity contribution in [3.05, 3.63) is 58.6 Å². The molecule has 1 heterocycles. The van der Waals surface area contributed by atoms with E-state index in [2.05, 4.69) is 0 Å². The molecule has 5 nitrogen and oxygen atoms in total. The summed E-state index contributed by atoms with van der Waals surface area (Å²) >= 11 is 6.34. The van der Waals surface area contributed by atoms with Gasteiger partial charge in [-0.1, -0.05) is 29.8 Å². The Morgan fingerprint density at radius 1 is 1.17 bits per heavy atom. The van der Waals surface area contributed by atoms with Crippen LogP contribution in [0.3, 0.4) is 0 Å². The van der Waals surface area contributed by atoms with E-state index in [1.807, 2.05) is 29.2 Å². The Balaban J connectivity index is 1.54. The second-order valence-electron chi connectivity index (χ2n) is 7.14. The summed E-state index contributed by atoms with van der Waals surface area (Å²) in [6.45, 7) is 2.66. The zero-order valence-electron chi connectivity index (χ0n) is 16.8. The van der Waals surface area contributed by atoms with Gasteiger partial charge in [0.05, 0.1) is 19.8 Å². The van der Waals surface area contributed by atoms with Gasteiger partial charge < -0.3 is 14.4 Å². The standard InChI is InChI=1S/C23H26ClNO4/c1-16(26)17-11-12-21(22(15-17)28-2)29-14-6-10-23(27)25-13-5-9-20(25)18-7-3-4-8-19(18)24/h3-4,7-8,11-12,15,20H,5-6,9-10,13-14H2,1-2H3. The molecule has 0 aromatic heterocycles. The molecule has 0 N–H and O–H groups in total. The number of Topliss-reactive ketones (excluding diaryl/α,β-unsaturated/α-hetero) is 1. The fraction of sp³-hybridized carbons (Fsp3) is 0.391. The molecule has 1 atom stereocenters. The van der Waals surface area contributed by atoms with Crippen molar-refractivity contribution in [3.63, 3.8) is 0 Å². The Morgan fingerprint density at radius 2 is 1.97 bits per heavy atom. The summed E-state index contributed by atoms with van der Waals surface area (Å²) in [4.78, 5) is 26.2. The van der Waals surface area contributed by atoms with Gasteiger partial charge in [0.15, 0.2) is 17.3 Å². The molecule has 0 aliphatic carbocycles. The third-order valence-electron chi connectivity index (χ3n) is 5.20. The van der Waals surface area contributed by atoms with Crippen molar-refractivity contribution >= 4 is 23.3 Å². The summed E-state index contributed by atoms with van der Waals surface area (Å²) in [6, 6.07) is 12.9. The van der Waals surface area contributed by atoms with Crippen LogP contribution in [0.4, 0.5) is 0 Å². The molecule has 3 rings (SSSR count). The average Bonchev–Trinajstić information content (AvgIpc) is 3.21. The summed E-state index contributed by atoms with van der Waals surface area (Å²) < 4.78 is 11.1. The number of hydrogen-bond donors (Lipinski definition) is 0. The zero-order valence-corrected chi connectivity index (χ0v) is 17.6. The number of nitrogens with zero attached hydrogens (tertiary/aromatic N) is 1. The largest absolute Gasteiger partial charge is 0.493 e. The van der Waals surface area contributed by atoms with Gasteiger partial charge in [0.25, 0.3) is 0 Å². The van der Waals surface area contributed by atoms with Crippen LogP contribution in [0.1, 0.15) is 54.6 Å². The highest BCUT2D eigenvalue weighted by atomic mass is 35.5. The summed E-state index contributed by atoms with van der Waals surface area (Å²) in [5.41, 5.74) is 1.59. The van der Waals surface area contributed by atoms with Crippen LogP contribution in [-0.2, 0) is 4.79 Å². The Labute approximate surface area is 176 Å². The van der Waals surface area contributed by atoms with E-state index in [4.69, 9.17) is 21.1 Å². The highest BCUT2D eigenvalue weighted by Gasteiger charge is 2.30. The van der Waals surface area contributed by atoms with E-state index >= 15 is 0 Å². The van der Waals surface area contributed by atoms with Crippen LogP contribution < -0.4 is 9.47 Å². The molecule has 29 heavy (non-hydrogen) atoms. The number of rotatable bonds is 8. The number of hydrogen-bond acceptors (Lipinski definition) is 4. The van der Waals surface area contributed by atoms with Crippen molar-refractivity contribution in [1.29, 1.82) is 0 Å². The minimum Gasteiger partial charge on any atom is -0.493 e. The van der Waals surface area contributed by atoms with Crippen LogP contribution in [0.2, 0.25) is 5.02 Å². The maximum absolute atomic E-state index is 12.8. The van der Waals surface area contributed by atoms with Gasteiger partial charge in [-0.3, -0.25) is 9.59 Å². The van der Waals surface area contributed by atoms with Gasteiger partial charge in [-0.2, -0.15) is 0 Å². The molecule has 1 saturated heterocycles. The summed E-state index contributed by atoms with van der Waals surface area (Å²) in [5, 5.41) is 0.710. The highest BCUT2D eigenvalue weighted by Crippen LogP contribution is 2.36. The number of carbonyl (C=O) groups is 2. The normalized spacial score (nSPS) is 16.0. The second-order valence-corrected chi connectivity index (χ2v) is 7.55. The van der Waals surface area contributed by atoms with E-state index in [1.165, 1.54) is 14.0 Å². The van der Waals surface area contributed by atoms with Crippen molar-refractivity contribution in [2.75, 3.05) is 20.3 Å². The summed E-state index contributed by atoms with van der Waals surface area (Å²) in [6.07, 6.45) is 2.93. The van der Waals surface area contributed by atoms with Crippen molar-refractivity contribution < 1.29 is 19.1 Å². The van der Waals surface area contributed by atoms with E-state index in [-0.39, 0.29) is 17.7 Å². The van der Waals surface area contributed by atoms with Gasteiger partial charge >= 0.3 is 0 Å². The minimum atomic E-state index is -0.0286. The quantitative estimate of drug-likeness (QED) is 0.446. The predicted octanol–water partition coefficient (Wildman–Crippen LogP) is 5.07. The molecule has 1 aliphatic rings. The lowest BCUT2D eigenvalue weighted by Gasteiger charge is -2.26. The minimum absolute atomic E-state index is 0.0286. The molecule has 0 bridgehead atoms. The number of likely N-dealkylation sites (tertiary alicyclic amines) is 1. The molecule has 1 aliphatic heterocycles. The number of ketones is 1. The Morgan fingerprint density at radius 3 is 2.69 bits per heavy atom. The van der Waals surface area contributed by atoms with E-state index in [0.717, 1.165) is 24.9 Å². The molecule has 1 unspecified atom stereocenters. The van der Waals surface area contributed by atoms with Gasteiger partial charge in [0, 0.05) is 23.6 Å². The first kappa shape index (κ1) is 21.2. The van der Waals surface area contributed by atoms with Crippen LogP contribution in [0.5, 0.6) is 11.5 Å². The first-order valence-corrected chi connectivity index (χ1v) is 10.2. The molecular formula is C23H26ClNO4. The third kappa shape index (κ3) is 5.10. The zero-order chi connectivity index (χ0) is 20.8. The van der Waals surface area contributed by atoms with Crippen molar-refractivity contribution in [2.45, 2.75) is 38.6 Å². The maximum atomic E-state index is 12.8. The molecule has 0 radical (unpaired) electrons.